The van der Waals surface area contributed by atoms with Crippen LogP contribution in [0.15, 0.2) is 0 Å². The number of nitrogens with zero attached hydrogens (tertiary/aromatic N) is 2. The van der Waals surface area contributed by atoms with Crippen molar-refractivity contribution in [1.82, 2.24) is 9.80 Å². The fourth-order valence-corrected chi connectivity index (χ4v) is 3.46. The van der Waals surface area contributed by atoms with Crippen molar-refractivity contribution in [2.45, 2.75) is 70.9 Å². The van der Waals surface area contributed by atoms with Crippen LogP contribution in [-0.4, -0.2) is 47.4 Å². The molecule has 0 aromatic heterocycles. The Hall–Kier alpha value is -0.570. The normalized spacial score (nSPS) is 30.4. The number of rotatable bonds is 3. The van der Waals surface area contributed by atoms with Crippen LogP contribution < -0.4 is 0 Å². The predicted octanol–water partition coefficient (Wildman–Crippen LogP) is 2.65. The van der Waals surface area contributed by atoms with E-state index in [-0.39, 0.29) is 0 Å². The molecular weight excluding hydrogens is 224 g/mol. The van der Waals surface area contributed by atoms with E-state index in [2.05, 4.69) is 23.6 Å². The second kappa shape index (κ2) is 6.55. The number of carbonyl (C=O) groups excluding carboxylic acids is 1. The van der Waals surface area contributed by atoms with Crippen LogP contribution in [0.2, 0.25) is 0 Å². The molecule has 2 aliphatic heterocycles. The smallest absolute Gasteiger partial charge is 0.236 e. The third kappa shape index (κ3) is 3.25. The molecule has 2 saturated heterocycles. The van der Waals surface area contributed by atoms with Crippen LogP contribution in [0.3, 0.4) is 0 Å². The van der Waals surface area contributed by atoms with Gasteiger partial charge in [-0.25, -0.2) is 0 Å². The lowest BCUT2D eigenvalue weighted by Gasteiger charge is -2.38. The Morgan fingerprint density at radius 3 is 2.56 bits per heavy atom. The summed E-state index contributed by atoms with van der Waals surface area (Å²) in [5.74, 6) is 0.363. The minimum atomic E-state index is 0.363. The molecule has 0 radical (unpaired) electrons. The average molecular weight is 252 g/mol. The molecule has 1 amide bonds. The van der Waals surface area contributed by atoms with Crippen LogP contribution in [0.5, 0.6) is 0 Å². The molecule has 2 rings (SSSR count). The maximum absolute atomic E-state index is 12.4. The van der Waals surface area contributed by atoms with Crippen LogP contribution in [-0.2, 0) is 4.79 Å². The Bertz CT molecular complexity index is 280. The average Bonchev–Trinajstić information content (AvgIpc) is 2.39. The quantitative estimate of drug-likeness (QED) is 0.771. The molecule has 2 fully saturated rings. The monoisotopic (exact) mass is 252 g/mol. The number of likely N-dealkylation sites (tertiary alicyclic amines) is 2. The van der Waals surface area contributed by atoms with E-state index in [1.165, 1.54) is 44.9 Å². The van der Waals surface area contributed by atoms with Gasteiger partial charge in [0.05, 0.1) is 6.54 Å². The molecule has 2 heterocycles. The summed E-state index contributed by atoms with van der Waals surface area (Å²) in [4.78, 5) is 17.0. The minimum absolute atomic E-state index is 0.363. The van der Waals surface area contributed by atoms with Crippen molar-refractivity contribution >= 4 is 5.91 Å². The zero-order valence-corrected chi connectivity index (χ0v) is 12.0. The molecule has 2 unspecified atom stereocenters. The summed E-state index contributed by atoms with van der Waals surface area (Å²) in [6.45, 7) is 7.20. The van der Waals surface area contributed by atoms with Crippen molar-refractivity contribution < 1.29 is 4.79 Å². The zero-order valence-electron chi connectivity index (χ0n) is 12.0. The van der Waals surface area contributed by atoms with Gasteiger partial charge in [-0.15, -0.1) is 0 Å². The molecule has 2 aliphatic rings. The maximum Gasteiger partial charge on any atom is 0.236 e. The van der Waals surface area contributed by atoms with Gasteiger partial charge in [0.25, 0.3) is 0 Å². The fraction of sp³-hybridized carbons (Fsp3) is 0.933. The van der Waals surface area contributed by atoms with Crippen molar-refractivity contribution in [2.24, 2.45) is 0 Å². The van der Waals surface area contributed by atoms with Gasteiger partial charge in [-0.2, -0.15) is 0 Å². The van der Waals surface area contributed by atoms with E-state index in [1.807, 2.05) is 0 Å². The number of piperidine rings is 2. The number of hydrogen-bond donors (Lipinski definition) is 0. The van der Waals surface area contributed by atoms with Gasteiger partial charge in [-0.1, -0.05) is 13.3 Å². The lowest BCUT2D eigenvalue weighted by Crippen LogP contribution is -2.50. The summed E-state index contributed by atoms with van der Waals surface area (Å²) in [5, 5.41) is 0. The third-order valence-electron chi connectivity index (χ3n) is 4.68. The Labute approximate surface area is 112 Å². The highest BCUT2D eigenvalue weighted by Gasteiger charge is 2.28. The molecule has 0 bridgehead atoms. The standard InChI is InChI=1S/C15H28N2O/c1-3-14-9-5-6-10-16(14)12-15(18)17-11-7-4-8-13(17)2/h13-14H,3-12H2,1-2H3. The first-order valence-electron chi connectivity index (χ1n) is 7.76. The predicted molar refractivity (Wildman–Crippen MR) is 74.5 cm³/mol. The van der Waals surface area contributed by atoms with E-state index >= 15 is 0 Å². The van der Waals surface area contributed by atoms with Gasteiger partial charge in [-0.05, 0) is 52.0 Å². The Balaban J connectivity index is 1.88. The molecule has 2 atom stereocenters. The van der Waals surface area contributed by atoms with E-state index < -0.39 is 0 Å². The maximum atomic E-state index is 12.4. The Kier molecular flexibility index (Phi) is 5.04. The summed E-state index contributed by atoms with van der Waals surface area (Å²) >= 11 is 0. The van der Waals surface area contributed by atoms with E-state index in [9.17, 15) is 4.79 Å². The van der Waals surface area contributed by atoms with Gasteiger partial charge in [0.15, 0.2) is 0 Å². The van der Waals surface area contributed by atoms with Crippen LogP contribution in [0.1, 0.15) is 58.8 Å². The highest BCUT2D eigenvalue weighted by molar-refractivity contribution is 5.78. The molecule has 104 valence electrons. The van der Waals surface area contributed by atoms with E-state index in [0.717, 1.165) is 13.1 Å². The molecule has 3 nitrogen and oxygen atoms in total. The van der Waals surface area contributed by atoms with E-state index in [1.54, 1.807) is 0 Å². The topological polar surface area (TPSA) is 23.6 Å². The summed E-state index contributed by atoms with van der Waals surface area (Å²) < 4.78 is 0. The van der Waals surface area contributed by atoms with Crippen molar-refractivity contribution in [3.05, 3.63) is 0 Å². The minimum Gasteiger partial charge on any atom is -0.339 e. The molecule has 0 spiro atoms. The molecular formula is C15H28N2O. The second-order valence-electron chi connectivity index (χ2n) is 5.96. The van der Waals surface area contributed by atoms with Crippen LogP contribution in [0.25, 0.3) is 0 Å². The largest absolute Gasteiger partial charge is 0.339 e. The third-order valence-corrected chi connectivity index (χ3v) is 4.68. The summed E-state index contributed by atoms with van der Waals surface area (Å²) in [5.41, 5.74) is 0. The fourth-order valence-electron chi connectivity index (χ4n) is 3.46. The zero-order chi connectivity index (χ0) is 13.0. The van der Waals surface area contributed by atoms with Gasteiger partial charge in [0.2, 0.25) is 5.91 Å². The number of amides is 1. The van der Waals surface area contributed by atoms with Gasteiger partial charge < -0.3 is 4.90 Å². The first-order chi connectivity index (χ1) is 8.72. The SMILES string of the molecule is CCC1CCCCN1CC(=O)N1CCCCC1C. The number of hydrogen-bond acceptors (Lipinski definition) is 2. The van der Waals surface area contributed by atoms with Crippen molar-refractivity contribution in [1.29, 1.82) is 0 Å². The van der Waals surface area contributed by atoms with Gasteiger partial charge in [-0.3, -0.25) is 9.69 Å². The van der Waals surface area contributed by atoms with Gasteiger partial charge in [0, 0.05) is 18.6 Å². The van der Waals surface area contributed by atoms with Crippen molar-refractivity contribution in [3.63, 3.8) is 0 Å². The Morgan fingerprint density at radius 1 is 1.11 bits per heavy atom. The summed E-state index contributed by atoms with van der Waals surface area (Å²) in [7, 11) is 0. The molecule has 0 aliphatic carbocycles. The highest BCUT2D eigenvalue weighted by Crippen LogP contribution is 2.21. The summed E-state index contributed by atoms with van der Waals surface area (Å²) in [6, 6.07) is 1.10. The van der Waals surface area contributed by atoms with Crippen LogP contribution in [0, 0.1) is 0 Å². The molecule has 0 N–H and O–H groups in total. The molecule has 0 aromatic rings. The first kappa shape index (κ1) is 13.9. The van der Waals surface area contributed by atoms with Crippen molar-refractivity contribution in [3.8, 4) is 0 Å². The lowest BCUT2D eigenvalue weighted by atomic mass is 9.99. The molecule has 3 heteroatoms. The highest BCUT2D eigenvalue weighted by atomic mass is 16.2. The summed E-state index contributed by atoms with van der Waals surface area (Å²) in [6.07, 6.45) is 8.72. The van der Waals surface area contributed by atoms with Crippen molar-refractivity contribution in [2.75, 3.05) is 19.6 Å². The van der Waals surface area contributed by atoms with Gasteiger partial charge >= 0.3 is 0 Å². The first-order valence-corrected chi connectivity index (χ1v) is 7.76. The van der Waals surface area contributed by atoms with Gasteiger partial charge in [0.1, 0.15) is 0 Å². The lowest BCUT2D eigenvalue weighted by molar-refractivity contribution is -0.136. The van der Waals surface area contributed by atoms with E-state index in [0.29, 0.717) is 24.5 Å². The second-order valence-corrected chi connectivity index (χ2v) is 5.96. The molecule has 0 saturated carbocycles. The molecule has 18 heavy (non-hydrogen) atoms. The van der Waals surface area contributed by atoms with E-state index in [4.69, 9.17) is 0 Å². The number of carbonyl (C=O) groups is 1. The van der Waals surface area contributed by atoms with Crippen LogP contribution in [0.4, 0.5) is 0 Å². The van der Waals surface area contributed by atoms with Crippen LogP contribution >= 0.6 is 0 Å². The Morgan fingerprint density at radius 2 is 1.83 bits per heavy atom. The molecule has 0 aromatic carbocycles.